The molecule has 1 amide bonds. The topological polar surface area (TPSA) is 70.5 Å². The number of carboxylic acids is 1. The molecule has 2 heterocycles. The van der Waals surface area contributed by atoms with Crippen molar-refractivity contribution in [2.45, 2.75) is 13.0 Å². The van der Waals surface area contributed by atoms with E-state index >= 15 is 0 Å². The molecule has 6 heteroatoms. The van der Waals surface area contributed by atoms with Crippen LogP contribution < -0.4 is 0 Å². The Morgan fingerprint density at radius 3 is 2.59 bits per heavy atom. The van der Waals surface area contributed by atoms with Gasteiger partial charge in [0.25, 0.3) is 5.91 Å². The van der Waals surface area contributed by atoms with E-state index in [-0.39, 0.29) is 11.5 Å². The van der Waals surface area contributed by atoms with Crippen LogP contribution in [-0.4, -0.2) is 33.4 Å². The number of amides is 1. The quantitative estimate of drug-likeness (QED) is 0.924. The summed E-state index contributed by atoms with van der Waals surface area (Å²) in [7, 11) is 0. The Bertz CT molecular complexity index is 744. The highest BCUT2D eigenvalue weighted by Crippen LogP contribution is 2.23. The van der Waals surface area contributed by atoms with Crippen molar-refractivity contribution in [1.29, 1.82) is 0 Å². The zero-order valence-electron chi connectivity index (χ0n) is 11.6. The Morgan fingerprint density at radius 1 is 1.18 bits per heavy atom. The van der Waals surface area contributed by atoms with Crippen molar-refractivity contribution in [3.05, 3.63) is 63.9 Å². The van der Waals surface area contributed by atoms with Crippen molar-refractivity contribution in [1.82, 2.24) is 9.88 Å². The normalized spacial score (nSPS) is 13.6. The van der Waals surface area contributed by atoms with Crippen molar-refractivity contribution in [3.63, 3.8) is 0 Å². The van der Waals surface area contributed by atoms with Crippen LogP contribution in [0, 0.1) is 0 Å². The fourth-order valence-corrected chi connectivity index (χ4v) is 2.75. The highest BCUT2D eigenvalue weighted by atomic mass is 35.5. The third-order valence-electron chi connectivity index (χ3n) is 3.75. The lowest BCUT2D eigenvalue weighted by molar-refractivity contribution is 0.0693. The van der Waals surface area contributed by atoms with Gasteiger partial charge in [-0.25, -0.2) is 4.79 Å². The Labute approximate surface area is 132 Å². The van der Waals surface area contributed by atoms with Crippen LogP contribution in [0.5, 0.6) is 0 Å². The molecule has 0 atom stereocenters. The molecule has 0 fully saturated rings. The summed E-state index contributed by atoms with van der Waals surface area (Å²) in [6.45, 7) is 0.851. The van der Waals surface area contributed by atoms with E-state index in [1.807, 2.05) is 0 Å². The van der Waals surface area contributed by atoms with Crippen LogP contribution in [-0.2, 0) is 13.0 Å². The van der Waals surface area contributed by atoms with Gasteiger partial charge in [0.15, 0.2) is 0 Å². The summed E-state index contributed by atoms with van der Waals surface area (Å²) in [6, 6.07) is 6.73. The lowest BCUT2D eigenvalue weighted by Crippen LogP contribution is -2.36. The van der Waals surface area contributed by atoms with E-state index in [0.29, 0.717) is 30.1 Å². The van der Waals surface area contributed by atoms with Gasteiger partial charge in [0.05, 0.1) is 5.56 Å². The number of carbonyl (C=O) groups is 2. The maximum atomic E-state index is 12.5. The zero-order chi connectivity index (χ0) is 15.7. The average Bonchev–Trinajstić information content (AvgIpc) is 2.53. The summed E-state index contributed by atoms with van der Waals surface area (Å²) in [5.74, 6) is -1.08. The second-order valence-corrected chi connectivity index (χ2v) is 5.55. The molecule has 0 aliphatic carbocycles. The smallest absolute Gasteiger partial charge is 0.337 e. The number of hydrogen-bond donors (Lipinski definition) is 1. The van der Waals surface area contributed by atoms with Crippen molar-refractivity contribution >= 4 is 23.5 Å². The van der Waals surface area contributed by atoms with Gasteiger partial charge < -0.3 is 10.0 Å². The molecule has 1 aliphatic rings. The van der Waals surface area contributed by atoms with Gasteiger partial charge in [-0.15, -0.1) is 0 Å². The molecule has 2 aromatic rings. The van der Waals surface area contributed by atoms with E-state index in [4.69, 9.17) is 11.6 Å². The third kappa shape index (κ3) is 2.67. The van der Waals surface area contributed by atoms with Crippen LogP contribution in [0.2, 0.25) is 5.02 Å². The van der Waals surface area contributed by atoms with Crippen molar-refractivity contribution in [3.8, 4) is 0 Å². The molecule has 3 rings (SSSR count). The second kappa shape index (κ2) is 5.77. The van der Waals surface area contributed by atoms with E-state index in [2.05, 4.69) is 4.98 Å². The fourth-order valence-electron chi connectivity index (χ4n) is 2.63. The van der Waals surface area contributed by atoms with Gasteiger partial charge in [0.1, 0.15) is 0 Å². The molecule has 112 valence electrons. The van der Waals surface area contributed by atoms with E-state index in [9.17, 15) is 14.7 Å². The van der Waals surface area contributed by atoms with Crippen molar-refractivity contribution in [2.24, 2.45) is 0 Å². The molecule has 0 saturated heterocycles. The molecule has 1 aromatic carbocycles. The number of carbonyl (C=O) groups excluding carboxylic acids is 1. The Balaban J connectivity index is 1.85. The summed E-state index contributed by atoms with van der Waals surface area (Å²) >= 11 is 5.83. The van der Waals surface area contributed by atoms with Gasteiger partial charge in [-0.2, -0.15) is 0 Å². The number of fused-ring (bicyclic) bond motifs is 1. The highest BCUT2D eigenvalue weighted by Gasteiger charge is 2.25. The van der Waals surface area contributed by atoms with Gasteiger partial charge in [-0.3, -0.25) is 9.78 Å². The summed E-state index contributed by atoms with van der Waals surface area (Å²) in [6.07, 6.45) is 3.50. The number of aromatic nitrogens is 1. The number of pyridine rings is 1. The number of aromatic carboxylic acids is 1. The van der Waals surface area contributed by atoms with Crippen molar-refractivity contribution < 1.29 is 14.7 Å². The molecule has 5 nitrogen and oxygen atoms in total. The Morgan fingerprint density at radius 2 is 1.91 bits per heavy atom. The molecule has 22 heavy (non-hydrogen) atoms. The number of halogens is 1. The first kappa shape index (κ1) is 14.5. The largest absolute Gasteiger partial charge is 0.478 e. The van der Waals surface area contributed by atoms with Crippen molar-refractivity contribution in [2.75, 3.05) is 6.54 Å². The van der Waals surface area contributed by atoms with Crippen LogP contribution in [0.4, 0.5) is 0 Å². The minimum absolute atomic E-state index is 0.0944. The summed E-state index contributed by atoms with van der Waals surface area (Å²) in [4.78, 5) is 29.3. The second-order valence-electron chi connectivity index (χ2n) is 5.11. The van der Waals surface area contributed by atoms with Crippen LogP contribution in [0.1, 0.15) is 31.8 Å². The molecule has 0 radical (unpaired) electrons. The summed E-state index contributed by atoms with van der Waals surface area (Å²) in [5, 5.41) is 9.77. The number of benzene rings is 1. The van der Waals surface area contributed by atoms with Crippen LogP contribution in [0.15, 0.2) is 36.7 Å². The maximum Gasteiger partial charge on any atom is 0.337 e. The lowest BCUT2D eigenvalue weighted by Gasteiger charge is -2.29. The molecule has 0 unspecified atom stereocenters. The third-order valence-corrected chi connectivity index (χ3v) is 4.00. The van der Waals surface area contributed by atoms with Crippen LogP contribution in [0.25, 0.3) is 0 Å². The van der Waals surface area contributed by atoms with E-state index in [1.165, 1.54) is 6.20 Å². The first-order chi connectivity index (χ1) is 10.6. The van der Waals surface area contributed by atoms with E-state index < -0.39 is 5.97 Å². The molecule has 1 N–H and O–H groups in total. The van der Waals surface area contributed by atoms with Gasteiger partial charge in [-0.1, -0.05) is 11.6 Å². The minimum atomic E-state index is -0.984. The summed E-state index contributed by atoms with van der Waals surface area (Å²) < 4.78 is 0. The number of nitrogens with zero attached hydrogens (tertiary/aromatic N) is 2. The fraction of sp³-hybridized carbons (Fsp3) is 0.188. The lowest BCUT2D eigenvalue weighted by atomic mass is 9.96. The average molecular weight is 317 g/mol. The summed E-state index contributed by atoms with van der Waals surface area (Å²) in [5.41, 5.74) is 2.34. The molecule has 0 spiro atoms. The molecule has 0 bridgehead atoms. The standard InChI is InChI=1S/C16H13ClN2O3/c17-12-3-1-10(2-4-12)15(20)19-6-5-13-11(9-19)7-18-8-14(13)16(21)22/h1-4,7-8H,5-6,9H2,(H,21,22). The van der Waals surface area contributed by atoms with Gasteiger partial charge in [0.2, 0.25) is 0 Å². The SMILES string of the molecule is O=C(O)c1cncc2c1CCN(C(=O)c1ccc(Cl)cc1)C2. The molecule has 1 aliphatic heterocycles. The zero-order valence-corrected chi connectivity index (χ0v) is 12.4. The number of carboxylic acid groups (broad SMARTS) is 1. The number of rotatable bonds is 2. The molecular formula is C16H13ClN2O3. The predicted octanol–water partition coefficient (Wildman–Crippen LogP) is 2.63. The molecular weight excluding hydrogens is 304 g/mol. The maximum absolute atomic E-state index is 12.5. The van der Waals surface area contributed by atoms with Gasteiger partial charge >= 0.3 is 5.97 Å². The highest BCUT2D eigenvalue weighted by molar-refractivity contribution is 6.30. The predicted molar refractivity (Wildman–Crippen MR) is 81.1 cm³/mol. The number of hydrogen-bond acceptors (Lipinski definition) is 3. The Kier molecular flexibility index (Phi) is 3.81. The molecule has 1 aromatic heterocycles. The minimum Gasteiger partial charge on any atom is -0.478 e. The van der Waals surface area contributed by atoms with Gasteiger partial charge in [0, 0.05) is 36.1 Å². The first-order valence-corrected chi connectivity index (χ1v) is 7.18. The van der Waals surface area contributed by atoms with E-state index in [0.717, 1.165) is 11.1 Å². The first-order valence-electron chi connectivity index (χ1n) is 6.80. The van der Waals surface area contributed by atoms with Crippen LogP contribution >= 0.6 is 11.6 Å². The molecule has 0 saturated carbocycles. The van der Waals surface area contributed by atoms with Crippen LogP contribution in [0.3, 0.4) is 0 Å². The van der Waals surface area contributed by atoms with E-state index in [1.54, 1.807) is 35.4 Å². The Hall–Kier alpha value is -2.40. The monoisotopic (exact) mass is 316 g/mol. The van der Waals surface area contributed by atoms with Gasteiger partial charge in [-0.05, 0) is 41.8 Å².